The summed E-state index contributed by atoms with van der Waals surface area (Å²) in [5.74, 6) is -0.129. The van der Waals surface area contributed by atoms with Gasteiger partial charge in [-0.15, -0.1) is 0 Å². The van der Waals surface area contributed by atoms with E-state index in [1.54, 1.807) is 7.11 Å². The van der Waals surface area contributed by atoms with E-state index in [9.17, 15) is 4.79 Å². The second-order valence-electron chi connectivity index (χ2n) is 3.66. The molecule has 82 valence electrons. The highest BCUT2D eigenvalue weighted by atomic mass is 16.5. The third-order valence-electron chi connectivity index (χ3n) is 2.65. The number of methoxy groups -OCH3 is 2. The summed E-state index contributed by atoms with van der Waals surface area (Å²) in [6, 6.07) is 0.581. The number of ether oxygens (including phenoxy) is 2. The van der Waals surface area contributed by atoms with E-state index < -0.39 is 0 Å². The number of esters is 1. The zero-order valence-corrected chi connectivity index (χ0v) is 8.91. The Balaban J connectivity index is 1.88. The number of rotatable bonds is 6. The Bertz CT molecular complexity index is 178. The molecule has 1 aliphatic carbocycles. The highest BCUT2D eigenvalue weighted by Crippen LogP contribution is 2.22. The van der Waals surface area contributed by atoms with Crippen LogP contribution in [-0.4, -0.2) is 38.9 Å². The molecule has 0 unspecified atom stereocenters. The molecule has 1 N–H and O–H groups in total. The number of hydrogen-bond donors (Lipinski definition) is 1. The smallest absolute Gasteiger partial charge is 0.305 e. The maximum Gasteiger partial charge on any atom is 0.305 e. The lowest BCUT2D eigenvalue weighted by Gasteiger charge is -2.34. The highest BCUT2D eigenvalue weighted by Gasteiger charge is 2.27. The summed E-state index contributed by atoms with van der Waals surface area (Å²) in [6.07, 6.45) is 3.97. The zero-order chi connectivity index (χ0) is 10.4. The number of carbonyl (C=O) groups is 1. The van der Waals surface area contributed by atoms with Crippen LogP contribution in [0, 0.1) is 0 Å². The van der Waals surface area contributed by atoms with Crippen molar-refractivity contribution in [2.45, 2.75) is 37.8 Å². The molecule has 1 saturated carbocycles. The largest absolute Gasteiger partial charge is 0.469 e. The molecule has 0 heterocycles. The van der Waals surface area contributed by atoms with Crippen LogP contribution in [0.2, 0.25) is 0 Å². The Hall–Kier alpha value is -0.610. The zero-order valence-electron chi connectivity index (χ0n) is 8.91. The molecule has 1 rings (SSSR count). The molecule has 0 radical (unpaired) electrons. The van der Waals surface area contributed by atoms with Gasteiger partial charge >= 0.3 is 5.97 Å². The molecule has 0 spiro atoms. The van der Waals surface area contributed by atoms with E-state index in [-0.39, 0.29) is 5.97 Å². The first kappa shape index (κ1) is 11.5. The second kappa shape index (κ2) is 5.98. The van der Waals surface area contributed by atoms with Gasteiger partial charge in [-0.25, -0.2) is 0 Å². The van der Waals surface area contributed by atoms with Gasteiger partial charge in [0, 0.05) is 19.6 Å². The van der Waals surface area contributed by atoms with E-state index in [4.69, 9.17) is 4.74 Å². The molecular weight excluding hydrogens is 182 g/mol. The number of hydrogen-bond acceptors (Lipinski definition) is 4. The molecule has 0 atom stereocenters. The van der Waals surface area contributed by atoms with Gasteiger partial charge in [0.15, 0.2) is 0 Å². The Morgan fingerprint density at radius 2 is 2.14 bits per heavy atom. The van der Waals surface area contributed by atoms with Gasteiger partial charge in [0.05, 0.1) is 13.2 Å². The van der Waals surface area contributed by atoms with Crippen LogP contribution in [0.3, 0.4) is 0 Å². The Labute approximate surface area is 85.0 Å². The maximum atomic E-state index is 10.8. The van der Waals surface area contributed by atoms with E-state index in [0.29, 0.717) is 18.6 Å². The topological polar surface area (TPSA) is 47.6 Å². The third-order valence-corrected chi connectivity index (χ3v) is 2.65. The lowest BCUT2D eigenvalue weighted by molar-refractivity contribution is -0.140. The van der Waals surface area contributed by atoms with E-state index in [1.165, 1.54) is 7.11 Å². The SMILES string of the molecule is COC(=O)CCCNC1CC(OC)C1. The van der Waals surface area contributed by atoms with Crippen molar-refractivity contribution in [1.29, 1.82) is 0 Å². The van der Waals surface area contributed by atoms with Gasteiger partial charge in [0.2, 0.25) is 0 Å². The van der Waals surface area contributed by atoms with Crippen molar-refractivity contribution in [1.82, 2.24) is 5.32 Å². The van der Waals surface area contributed by atoms with E-state index in [0.717, 1.165) is 25.8 Å². The quantitative estimate of drug-likeness (QED) is 0.508. The maximum absolute atomic E-state index is 10.8. The van der Waals surface area contributed by atoms with Gasteiger partial charge in [-0.05, 0) is 25.8 Å². The summed E-state index contributed by atoms with van der Waals surface area (Å²) >= 11 is 0. The molecule has 0 aliphatic heterocycles. The Morgan fingerprint density at radius 3 is 2.71 bits per heavy atom. The molecule has 1 aliphatic rings. The third kappa shape index (κ3) is 3.64. The van der Waals surface area contributed by atoms with Crippen LogP contribution in [0.4, 0.5) is 0 Å². The predicted octanol–water partition coefficient (Wildman–Crippen LogP) is 0.707. The van der Waals surface area contributed by atoms with E-state index >= 15 is 0 Å². The van der Waals surface area contributed by atoms with Crippen LogP contribution >= 0.6 is 0 Å². The molecule has 14 heavy (non-hydrogen) atoms. The van der Waals surface area contributed by atoms with Crippen molar-refractivity contribution < 1.29 is 14.3 Å². The number of nitrogens with one attached hydrogen (secondary N) is 1. The van der Waals surface area contributed by atoms with Crippen molar-refractivity contribution in [3.05, 3.63) is 0 Å². The fourth-order valence-corrected chi connectivity index (χ4v) is 1.57. The first-order chi connectivity index (χ1) is 6.76. The van der Waals surface area contributed by atoms with Gasteiger partial charge in [-0.3, -0.25) is 4.79 Å². The summed E-state index contributed by atoms with van der Waals surface area (Å²) in [7, 11) is 3.17. The van der Waals surface area contributed by atoms with Crippen LogP contribution in [0.25, 0.3) is 0 Å². The van der Waals surface area contributed by atoms with Crippen molar-refractivity contribution in [3.8, 4) is 0 Å². The first-order valence-corrected chi connectivity index (χ1v) is 5.09. The van der Waals surface area contributed by atoms with Gasteiger partial charge in [0.1, 0.15) is 0 Å². The summed E-state index contributed by atoms with van der Waals surface area (Å²) < 4.78 is 9.71. The Morgan fingerprint density at radius 1 is 1.43 bits per heavy atom. The van der Waals surface area contributed by atoms with Crippen LogP contribution in [0.5, 0.6) is 0 Å². The first-order valence-electron chi connectivity index (χ1n) is 5.09. The van der Waals surface area contributed by atoms with Crippen molar-refractivity contribution in [3.63, 3.8) is 0 Å². The lowest BCUT2D eigenvalue weighted by atomic mass is 9.89. The van der Waals surface area contributed by atoms with Gasteiger partial charge < -0.3 is 14.8 Å². The molecule has 0 aromatic rings. The van der Waals surface area contributed by atoms with E-state index in [1.807, 2.05) is 0 Å². The molecule has 0 amide bonds. The average Bonchev–Trinajstić information content (AvgIpc) is 2.14. The van der Waals surface area contributed by atoms with Gasteiger partial charge in [-0.1, -0.05) is 0 Å². The molecule has 4 heteroatoms. The highest BCUT2D eigenvalue weighted by molar-refractivity contribution is 5.69. The predicted molar refractivity (Wildman–Crippen MR) is 53.1 cm³/mol. The fourth-order valence-electron chi connectivity index (χ4n) is 1.57. The normalized spacial score (nSPS) is 25.6. The van der Waals surface area contributed by atoms with Crippen LogP contribution < -0.4 is 5.32 Å². The minimum absolute atomic E-state index is 0.129. The molecule has 4 nitrogen and oxygen atoms in total. The van der Waals surface area contributed by atoms with Crippen LogP contribution in [0.1, 0.15) is 25.7 Å². The summed E-state index contributed by atoms with van der Waals surface area (Å²) in [5, 5.41) is 3.38. The van der Waals surface area contributed by atoms with Crippen molar-refractivity contribution >= 4 is 5.97 Å². The monoisotopic (exact) mass is 201 g/mol. The molecule has 0 saturated heterocycles. The Kier molecular flexibility index (Phi) is 4.90. The van der Waals surface area contributed by atoms with Gasteiger partial charge in [-0.2, -0.15) is 0 Å². The fraction of sp³-hybridized carbons (Fsp3) is 0.900. The molecular formula is C10H19NO3. The summed E-state index contributed by atoms with van der Waals surface area (Å²) in [5.41, 5.74) is 0. The molecule has 0 aromatic carbocycles. The lowest BCUT2D eigenvalue weighted by Crippen LogP contribution is -2.45. The molecule has 0 aromatic heterocycles. The standard InChI is InChI=1S/C10H19NO3/c1-13-9-6-8(7-9)11-5-3-4-10(12)14-2/h8-9,11H,3-7H2,1-2H3. The summed E-state index contributed by atoms with van der Waals surface area (Å²) in [6.45, 7) is 0.885. The van der Waals surface area contributed by atoms with Crippen molar-refractivity contribution in [2.24, 2.45) is 0 Å². The average molecular weight is 201 g/mol. The minimum atomic E-state index is -0.129. The number of carbonyl (C=O) groups excluding carboxylic acids is 1. The van der Waals surface area contributed by atoms with E-state index in [2.05, 4.69) is 10.1 Å². The van der Waals surface area contributed by atoms with Gasteiger partial charge in [0.25, 0.3) is 0 Å². The minimum Gasteiger partial charge on any atom is -0.469 e. The van der Waals surface area contributed by atoms with Crippen LogP contribution in [-0.2, 0) is 14.3 Å². The summed E-state index contributed by atoms with van der Waals surface area (Å²) in [4.78, 5) is 10.8. The van der Waals surface area contributed by atoms with Crippen molar-refractivity contribution in [2.75, 3.05) is 20.8 Å². The van der Waals surface area contributed by atoms with Crippen LogP contribution in [0.15, 0.2) is 0 Å². The molecule has 1 fully saturated rings. The molecule has 0 bridgehead atoms. The second-order valence-corrected chi connectivity index (χ2v) is 3.66.